The number of primary amides is 1. The van der Waals surface area contributed by atoms with Gasteiger partial charge in [0.15, 0.2) is 6.79 Å². The van der Waals surface area contributed by atoms with E-state index in [9.17, 15) is 9.59 Å². The lowest BCUT2D eigenvalue weighted by molar-refractivity contribution is -0.0123. The Bertz CT molecular complexity index is 660. The molecule has 2 rings (SSSR count). The predicted molar refractivity (Wildman–Crippen MR) is 72.6 cm³/mol. The molecule has 106 valence electrons. The first-order valence-electron chi connectivity index (χ1n) is 6.18. The van der Waals surface area contributed by atoms with Gasteiger partial charge in [0.1, 0.15) is 0 Å². The number of nitrogens with zero attached hydrogens (tertiary/aromatic N) is 1. The Morgan fingerprint density at radius 2 is 2.15 bits per heavy atom. The average Bonchev–Trinajstić information content (AvgIpc) is 2.83. The van der Waals surface area contributed by atoms with Crippen molar-refractivity contribution >= 4 is 17.4 Å². The largest absolute Gasteiger partial charge is 0.435 e. The third-order valence-electron chi connectivity index (χ3n) is 3.03. The zero-order valence-corrected chi connectivity index (χ0v) is 11.4. The molecule has 0 atom stereocenters. The summed E-state index contributed by atoms with van der Waals surface area (Å²) < 4.78 is 11.4. The van der Waals surface area contributed by atoms with E-state index in [-0.39, 0.29) is 12.4 Å². The first kappa shape index (κ1) is 14.1. The van der Waals surface area contributed by atoms with Crippen LogP contribution in [0.4, 0.5) is 0 Å². The summed E-state index contributed by atoms with van der Waals surface area (Å²) in [6, 6.07) is 3.31. The Balaban J connectivity index is 2.63. The number of carbonyl (C=O) groups is 2. The highest BCUT2D eigenvalue weighted by atomic mass is 16.7. The molecule has 0 saturated heterocycles. The standard InChI is InChI=1S/C14H16N2O4/c1-3-9-7-16-6-4-5-10(14(18)20-8-19-2)12(16)11(9)13(15)17/h4-7H,3,8H2,1-2H3,(H2,15,17). The molecule has 2 N–H and O–H groups in total. The van der Waals surface area contributed by atoms with Crippen LogP contribution in [-0.4, -0.2) is 30.2 Å². The lowest BCUT2D eigenvalue weighted by atomic mass is 10.1. The number of ether oxygens (including phenoxy) is 2. The molecular formula is C14H16N2O4. The van der Waals surface area contributed by atoms with Crippen molar-refractivity contribution < 1.29 is 19.1 Å². The van der Waals surface area contributed by atoms with Gasteiger partial charge in [-0.25, -0.2) is 4.79 Å². The highest BCUT2D eigenvalue weighted by Gasteiger charge is 2.21. The van der Waals surface area contributed by atoms with Gasteiger partial charge in [-0.3, -0.25) is 4.79 Å². The van der Waals surface area contributed by atoms with Gasteiger partial charge in [-0.2, -0.15) is 0 Å². The predicted octanol–water partition coefficient (Wildman–Crippen LogP) is 1.36. The molecular weight excluding hydrogens is 260 g/mol. The molecule has 0 unspecified atom stereocenters. The van der Waals surface area contributed by atoms with Crippen LogP contribution in [0.3, 0.4) is 0 Å². The minimum Gasteiger partial charge on any atom is -0.435 e. The minimum atomic E-state index is -0.559. The van der Waals surface area contributed by atoms with Gasteiger partial charge < -0.3 is 19.6 Å². The van der Waals surface area contributed by atoms with Gasteiger partial charge in [0.25, 0.3) is 5.91 Å². The van der Waals surface area contributed by atoms with Crippen LogP contribution in [0.25, 0.3) is 5.52 Å². The van der Waals surface area contributed by atoms with E-state index in [4.69, 9.17) is 15.2 Å². The van der Waals surface area contributed by atoms with Crippen molar-refractivity contribution in [2.24, 2.45) is 5.73 Å². The fourth-order valence-electron chi connectivity index (χ4n) is 2.18. The normalized spacial score (nSPS) is 10.7. The van der Waals surface area contributed by atoms with Crippen LogP contribution in [0.15, 0.2) is 24.5 Å². The number of methoxy groups -OCH3 is 1. The number of carbonyl (C=O) groups excluding carboxylic acids is 2. The fraction of sp³-hybridized carbons (Fsp3) is 0.286. The highest BCUT2D eigenvalue weighted by Crippen LogP contribution is 2.23. The molecule has 2 aromatic heterocycles. The molecule has 0 aliphatic carbocycles. The molecule has 0 aliphatic heterocycles. The number of nitrogens with two attached hydrogens (primary N) is 1. The van der Waals surface area contributed by atoms with E-state index < -0.39 is 11.9 Å². The number of aromatic nitrogens is 1. The van der Waals surface area contributed by atoms with Crippen LogP contribution in [0.2, 0.25) is 0 Å². The van der Waals surface area contributed by atoms with E-state index >= 15 is 0 Å². The molecule has 2 heterocycles. The first-order chi connectivity index (χ1) is 9.60. The highest BCUT2D eigenvalue weighted by molar-refractivity contribution is 6.08. The summed E-state index contributed by atoms with van der Waals surface area (Å²) in [5.74, 6) is -1.11. The summed E-state index contributed by atoms with van der Waals surface area (Å²) in [4.78, 5) is 23.7. The second kappa shape index (κ2) is 5.75. The third-order valence-corrected chi connectivity index (χ3v) is 3.03. The van der Waals surface area contributed by atoms with Crippen LogP contribution in [-0.2, 0) is 15.9 Å². The van der Waals surface area contributed by atoms with Crippen LogP contribution in [0.5, 0.6) is 0 Å². The zero-order valence-electron chi connectivity index (χ0n) is 11.4. The van der Waals surface area contributed by atoms with Crippen LogP contribution in [0, 0.1) is 0 Å². The summed E-state index contributed by atoms with van der Waals surface area (Å²) in [6.07, 6.45) is 4.20. The number of amides is 1. The topological polar surface area (TPSA) is 83.0 Å². The van der Waals surface area contributed by atoms with Gasteiger partial charge in [-0.1, -0.05) is 6.92 Å². The Morgan fingerprint density at radius 1 is 1.40 bits per heavy atom. The van der Waals surface area contributed by atoms with Gasteiger partial charge in [0, 0.05) is 19.5 Å². The fourth-order valence-corrected chi connectivity index (χ4v) is 2.18. The van der Waals surface area contributed by atoms with Crippen molar-refractivity contribution in [3.8, 4) is 0 Å². The molecule has 2 aromatic rings. The Hall–Kier alpha value is -2.34. The van der Waals surface area contributed by atoms with E-state index in [0.717, 1.165) is 5.56 Å². The molecule has 0 bridgehead atoms. The van der Waals surface area contributed by atoms with Crippen molar-refractivity contribution in [1.82, 2.24) is 4.40 Å². The van der Waals surface area contributed by atoms with Crippen molar-refractivity contribution in [3.05, 3.63) is 41.2 Å². The summed E-state index contributed by atoms with van der Waals surface area (Å²) in [5.41, 5.74) is 7.36. The Kier molecular flexibility index (Phi) is 4.05. The van der Waals surface area contributed by atoms with E-state index in [2.05, 4.69) is 0 Å². The first-order valence-corrected chi connectivity index (χ1v) is 6.18. The molecule has 0 spiro atoms. The Morgan fingerprint density at radius 3 is 2.75 bits per heavy atom. The maximum Gasteiger partial charge on any atom is 0.342 e. The Labute approximate surface area is 116 Å². The maximum atomic E-state index is 12.0. The maximum absolute atomic E-state index is 12.0. The quantitative estimate of drug-likeness (QED) is 0.660. The third kappa shape index (κ3) is 2.37. The molecule has 20 heavy (non-hydrogen) atoms. The summed E-state index contributed by atoms with van der Waals surface area (Å²) in [7, 11) is 1.43. The van der Waals surface area contributed by atoms with Gasteiger partial charge in [0.2, 0.25) is 0 Å². The smallest absolute Gasteiger partial charge is 0.342 e. The lowest BCUT2D eigenvalue weighted by Crippen LogP contribution is -2.15. The molecule has 6 nitrogen and oxygen atoms in total. The van der Waals surface area contributed by atoms with Crippen LogP contribution < -0.4 is 5.73 Å². The number of rotatable bonds is 5. The molecule has 0 aliphatic rings. The van der Waals surface area contributed by atoms with Crippen molar-refractivity contribution in [1.29, 1.82) is 0 Å². The van der Waals surface area contributed by atoms with Crippen LogP contribution >= 0.6 is 0 Å². The minimum absolute atomic E-state index is 0.146. The second-order valence-electron chi connectivity index (χ2n) is 4.26. The molecule has 0 radical (unpaired) electrons. The molecule has 0 aromatic carbocycles. The number of hydrogen-bond donors (Lipinski definition) is 1. The van der Waals surface area contributed by atoms with E-state index in [0.29, 0.717) is 17.5 Å². The van der Waals surface area contributed by atoms with E-state index in [1.54, 1.807) is 28.9 Å². The molecule has 0 fully saturated rings. The van der Waals surface area contributed by atoms with E-state index in [1.165, 1.54) is 7.11 Å². The number of esters is 1. The summed E-state index contributed by atoms with van der Waals surface area (Å²) in [5, 5.41) is 0. The SMILES string of the molecule is CCc1cn2cccc(C(=O)OCOC)c2c1C(N)=O. The second-order valence-corrected chi connectivity index (χ2v) is 4.26. The van der Waals surface area contributed by atoms with Crippen molar-refractivity contribution in [2.45, 2.75) is 13.3 Å². The number of pyridine rings is 1. The van der Waals surface area contributed by atoms with Crippen molar-refractivity contribution in [3.63, 3.8) is 0 Å². The molecule has 0 saturated carbocycles. The molecule has 1 amide bonds. The average molecular weight is 276 g/mol. The van der Waals surface area contributed by atoms with Crippen LogP contribution in [0.1, 0.15) is 33.2 Å². The van der Waals surface area contributed by atoms with Gasteiger partial charge >= 0.3 is 5.97 Å². The van der Waals surface area contributed by atoms with Crippen molar-refractivity contribution in [2.75, 3.05) is 13.9 Å². The van der Waals surface area contributed by atoms with Gasteiger partial charge in [-0.05, 0) is 24.1 Å². The van der Waals surface area contributed by atoms with E-state index in [1.807, 2.05) is 6.92 Å². The number of fused-ring (bicyclic) bond motifs is 1. The number of hydrogen-bond acceptors (Lipinski definition) is 4. The summed E-state index contributed by atoms with van der Waals surface area (Å²) >= 11 is 0. The van der Waals surface area contributed by atoms with Gasteiger partial charge in [0.05, 0.1) is 16.6 Å². The number of aryl methyl sites for hydroxylation is 1. The lowest BCUT2D eigenvalue weighted by Gasteiger charge is -2.06. The summed E-state index contributed by atoms with van der Waals surface area (Å²) in [6.45, 7) is 1.78. The zero-order chi connectivity index (χ0) is 14.7. The molecule has 6 heteroatoms. The monoisotopic (exact) mass is 276 g/mol. The van der Waals surface area contributed by atoms with Gasteiger partial charge in [-0.15, -0.1) is 0 Å².